The molecule has 3 aromatic rings. The third-order valence-corrected chi connectivity index (χ3v) is 5.75. The Morgan fingerprint density at radius 2 is 1.83 bits per heavy atom. The number of carbonyl (C=O) groups excluding carboxylic acids is 2. The van der Waals surface area contributed by atoms with Gasteiger partial charge in [-0.25, -0.2) is 0 Å². The van der Waals surface area contributed by atoms with E-state index < -0.39 is 0 Å². The van der Waals surface area contributed by atoms with E-state index in [2.05, 4.69) is 10.6 Å². The van der Waals surface area contributed by atoms with Gasteiger partial charge in [0, 0.05) is 18.5 Å². The van der Waals surface area contributed by atoms with Crippen molar-refractivity contribution >= 4 is 17.5 Å². The number of benzene rings is 3. The second-order valence-electron chi connectivity index (χ2n) is 9.04. The van der Waals surface area contributed by atoms with Crippen molar-refractivity contribution in [2.45, 2.75) is 32.4 Å². The van der Waals surface area contributed by atoms with Crippen LogP contribution in [-0.2, 0) is 17.8 Å². The Bertz CT molecular complexity index is 1290. The van der Waals surface area contributed by atoms with E-state index in [1.807, 2.05) is 44.2 Å². The zero-order chi connectivity index (χ0) is 24.4. The van der Waals surface area contributed by atoms with Crippen LogP contribution in [0.4, 0.5) is 5.69 Å². The molecule has 2 N–H and O–H groups in total. The van der Waals surface area contributed by atoms with Crippen LogP contribution in [0.25, 0.3) is 0 Å². The zero-order valence-corrected chi connectivity index (χ0v) is 19.6. The quantitative estimate of drug-likeness (QED) is 0.536. The van der Waals surface area contributed by atoms with Gasteiger partial charge in [-0.3, -0.25) is 9.59 Å². The molecule has 2 heterocycles. The van der Waals surface area contributed by atoms with Gasteiger partial charge in [-0.05, 0) is 49.7 Å². The van der Waals surface area contributed by atoms with Crippen LogP contribution in [0.1, 0.15) is 35.3 Å². The van der Waals surface area contributed by atoms with E-state index in [9.17, 15) is 9.59 Å². The molecule has 3 aromatic carbocycles. The summed E-state index contributed by atoms with van der Waals surface area (Å²) in [4.78, 5) is 25.5. The topological polar surface area (TPSA) is 95.1 Å². The van der Waals surface area contributed by atoms with E-state index in [-0.39, 0.29) is 30.8 Å². The lowest BCUT2D eigenvalue weighted by molar-refractivity contribution is -0.118. The largest absolute Gasteiger partial charge is 0.483 e. The summed E-state index contributed by atoms with van der Waals surface area (Å²) in [7, 11) is 0. The van der Waals surface area contributed by atoms with Gasteiger partial charge < -0.3 is 29.6 Å². The van der Waals surface area contributed by atoms with E-state index in [1.165, 1.54) is 0 Å². The van der Waals surface area contributed by atoms with Crippen molar-refractivity contribution in [2.24, 2.45) is 0 Å². The van der Waals surface area contributed by atoms with Crippen molar-refractivity contribution in [3.8, 4) is 23.0 Å². The maximum absolute atomic E-state index is 12.9. The molecule has 0 saturated heterocycles. The van der Waals surface area contributed by atoms with Crippen LogP contribution in [0.2, 0.25) is 0 Å². The number of hydrogen-bond acceptors (Lipinski definition) is 6. The Hall–Kier alpha value is -4.20. The predicted molar refractivity (Wildman–Crippen MR) is 129 cm³/mol. The van der Waals surface area contributed by atoms with Crippen LogP contribution >= 0.6 is 0 Å². The first-order valence-electron chi connectivity index (χ1n) is 11.4. The van der Waals surface area contributed by atoms with Gasteiger partial charge in [0.2, 0.25) is 6.79 Å². The smallest absolute Gasteiger partial charge is 0.262 e. The number of fused-ring (bicyclic) bond motifs is 2. The van der Waals surface area contributed by atoms with E-state index in [1.54, 1.807) is 30.3 Å². The first-order valence-corrected chi connectivity index (χ1v) is 11.4. The Morgan fingerprint density at radius 1 is 1.00 bits per heavy atom. The van der Waals surface area contributed by atoms with E-state index in [0.29, 0.717) is 40.8 Å². The molecule has 0 aliphatic carbocycles. The normalized spacial score (nSPS) is 14.6. The van der Waals surface area contributed by atoms with Gasteiger partial charge in [0.15, 0.2) is 29.6 Å². The maximum Gasteiger partial charge on any atom is 0.262 e. The summed E-state index contributed by atoms with van der Waals surface area (Å²) in [5.41, 5.74) is 2.37. The highest BCUT2D eigenvalue weighted by molar-refractivity contribution is 6.04. The average Bonchev–Trinajstić information content (AvgIpc) is 3.43. The van der Waals surface area contributed by atoms with Gasteiger partial charge in [0.25, 0.3) is 11.8 Å². The lowest BCUT2D eigenvalue weighted by Crippen LogP contribution is -2.26. The summed E-state index contributed by atoms with van der Waals surface area (Å²) in [6, 6.07) is 18.0. The molecule has 5 rings (SSSR count). The fraction of sp³-hybridized carbons (Fsp3) is 0.259. The monoisotopic (exact) mass is 474 g/mol. The van der Waals surface area contributed by atoms with Crippen LogP contribution < -0.4 is 29.6 Å². The number of nitrogens with one attached hydrogen (secondary N) is 2. The van der Waals surface area contributed by atoms with Gasteiger partial charge in [0.1, 0.15) is 5.60 Å². The van der Waals surface area contributed by atoms with Crippen molar-refractivity contribution in [3.05, 3.63) is 77.4 Å². The van der Waals surface area contributed by atoms with Crippen LogP contribution in [0.5, 0.6) is 23.0 Å². The molecule has 0 unspecified atom stereocenters. The molecule has 8 nitrogen and oxygen atoms in total. The zero-order valence-electron chi connectivity index (χ0n) is 19.6. The van der Waals surface area contributed by atoms with E-state index >= 15 is 0 Å². The van der Waals surface area contributed by atoms with E-state index in [0.717, 1.165) is 17.5 Å². The summed E-state index contributed by atoms with van der Waals surface area (Å²) in [6.07, 6.45) is 0.778. The standard InChI is InChI=1S/C27H26N2O6/c1-27(2)13-18-6-5-9-22(25(18)35-27)32-15-24(30)29-20-8-4-3-7-19(20)26(31)28-14-17-10-11-21-23(12-17)34-16-33-21/h3-12H,13-16H2,1-2H3,(H,28,31)(H,29,30). The van der Waals surface area contributed by atoms with Crippen LogP contribution in [0.3, 0.4) is 0 Å². The molecule has 0 atom stereocenters. The Kier molecular flexibility index (Phi) is 5.94. The highest BCUT2D eigenvalue weighted by atomic mass is 16.7. The second-order valence-corrected chi connectivity index (χ2v) is 9.04. The SMILES string of the molecule is CC1(C)Cc2cccc(OCC(=O)Nc3ccccc3C(=O)NCc3ccc4c(c3)OCO4)c2O1. The molecule has 2 aliphatic rings. The van der Waals surface area contributed by atoms with Crippen molar-refractivity contribution < 1.29 is 28.5 Å². The minimum Gasteiger partial charge on any atom is -0.483 e. The van der Waals surface area contributed by atoms with Gasteiger partial charge >= 0.3 is 0 Å². The van der Waals surface area contributed by atoms with Gasteiger partial charge in [-0.15, -0.1) is 0 Å². The number of hydrogen-bond donors (Lipinski definition) is 2. The van der Waals surface area contributed by atoms with Crippen LogP contribution in [0, 0.1) is 0 Å². The summed E-state index contributed by atoms with van der Waals surface area (Å²) >= 11 is 0. The molecule has 180 valence electrons. The highest BCUT2D eigenvalue weighted by Crippen LogP contribution is 2.41. The molecule has 2 aliphatic heterocycles. The van der Waals surface area contributed by atoms with Crippen molar-refractivity contribution in [1.29, 1.82) is 0 Å². The number of rotatable bonds is 7. The molecule has 0 aromatic heterocycles. The number of amides is 2. The summed E-state index contributed by atoms with van der Waals surface area (Å²) in [6.45, 7) is 4.30. The molecule has 2 amide bonds. The lowest BCUT2D eigenvalue weighted by atomic mass is 10.0. The second kappa shape index (κ2) is 9.21. The number of ether oxygens (including phenoxy) is 4. The van der Waals surface area contributed by atoms with Crippen LogP contribution in [0.15, 0.2) is 60.7 Å². The predicted octanol–water partition coefficient (Wildman–Crippen LogP) is 4.08. The number of anilines is 1. The van der Waals surface area contributed by atoms with Gasteiger partial charge in [-0.2, -0.15) is 0 Å². The highest BCUT2D eigenvalue weighted by Gasteiger charge is 2.32. The van der Waals surface area contributed by atoms with Gasteiger partial charge in [-0.1, -0.05) is 30.3 Å². The third kappa shape index (κ3) is 5.01. The molecule has 0 bridgehead atoms. The average molecular weight is 475 g/mol. The van der Waals surface area contributed by atoms with Crippen molar-refractivity contribution in [2.75, 3.05) is 18.7 Å². The summed E-state index contributed by atoms with van der Waals surface area (Å²) < 4.78 is 22.4. The molecule has 0 spiro atoms. The first kappa shape index (κ1) is 22.6. The molecule has 8 heteroatoms. The number of carbonyl (C=O) groups is 2. The molecule has 0 saturated carbocycles. The molecule has 0 fully saturated rings. The van der Waals surface area contributed by atoms with Crippen molar-refractivity contribution in [1.82, 2.24) is 5.32 Å². The third-order valence-electron chi connectivity index (χ3n) is 5.75. The molecular weight excluding hydrogens is 448 g/mol. The molecule has 0 radical (unpaired) electrons. The molecule has 35 heavy (non-hydrogen) atoms. The summed E-state index contributed by atoms with van der Waals surface area (Å²) in [5, 5.41) is 5.66. The minimum absolute atomic E-state index is 0.194. The maximum atomic E-state index is 12.9. The first-order chi connectivity index (χ1) is 16.9. The minimum atomic E-state index is -0.379. The Morgan fingerprint density at radius 3 is 2.71 bits per heavy atom. The van der Waals surface area contributed by atoms with Crippen molar-refractivity contribution in [3.63, 3.8) is 0 Å². The Balaban J connectivity index is 1.20. The van der Waals surface area contributed by atoms with Crippen LogP contribution in [-0.4, -0.2) is 30.8 Å². The lowest BCUT2D eigenvalue weighted by Gasteiger charge is -2.18. The van der Waals surface area contributed by atoms with E-state index in [4.69, 9.17) is 18.9 Å². The van der Waals surface area contributed by atoms with Gasteiger partial charge in [0.05, 0.1) is 11.3 Å². The fourth-order valence-electron chi connectivity index (χ4n) is 4.15. The number of para-hydroxylation sites is 2. The Labute approximate surface area is 203 Å². The summed E-state index contributed by atoms with van der Waals surface area (Å²) in [5.74, 6) is 1.85. The molecular formula is C27H26N2O6. The fourth-order valence-corrected chi connectivity index (χ4v) is 4.15.